The highest BCUT2D eigenvalue weighted by molar-refractivity contribution is 14.0. The summed E-state index contributed by atoms with van der Waals surface area (Å²) in [5.74, 6) is 0.901. The molecule has 23 heavy (non-hydrogen) atoms. The fourth-order valence-corrected chi connectivity index (χ4v) is 2.95. The van der Waals surface area contributed by atoms with Crippen LogP contribution in [0, 0.1) is 0 Å². The minimum atomic E-state index is 0. The molecule has 1 aromatic rings. The number of likely N-dealkylation sites (tertiary alicyclic amines) is 1. The van der Waals surface area contributed by atoms with E-state index in [9.17, 15) is 0 Å². The maximum Gasteiger partial charge on any atom is 0.191 e. The Bertz CT molecular complexity index is 428. The molecule has 1 atom stereocenters. The molecule has 0 saturated carbocycles. The molecule has 7 heteroatoms. The van der Waals surface area contributed by atoms with Crippen molar-refractivity contribution in [1.82, 2.24) is 25.3 Å². The molecule has 6 nitrogen and oxygen atoms in total. The smallest absolute Gasteiger partial charge is 0.191 e. The van der Waals surface area contributed by atoms with Gasteiger partial charge < -0.3 is 10.6 Å². The van der Waals surface area contributed by atoms with Crippen molar-refractivity contribution >= 4 is 29.9 Å². The second-order valence-electron chi connectivity index (χ2n) is 5.81. The number of rotatable bonds is 8. The number of halogens is 1. The molecule has 1 aromatic heterocycles. The number of hydrogen-bond donors (Lipinski definition) is 2. The zero-order chi connectivity index (χ0) is 15.6. The Labute approximate surface area is 157 Å². The summed E-state index contributed by atoms with van der Waals surface area (Å²) in [4.78, 5) is 6.90. The quantitative estimate of drug-likeness (QED) is 0.284. The molecule has 132 valence electrons. The first-order chi connectivity index (χ1) is 10.8. The molecule has 0 spiro atoms. The van der Waals surface area contributed by atoms with Crippen molar-refractivity contribution in [3.63, 3.8) is 0 Å². The van der Waals surface area contributed by atoms with E-state index in [1.165, 1.54) is 32.4 Å². The topological polar surface area (TPSA) is 57.5 Å². The van der Waals surface area contributed by atoms with Crippen molar-refractivity contribution in [2.24, 2.45) is 4.99 Å². The molecule has 0 amide bonds. The van der Waals surface area contributed by atoms with Crippen molar-refractivity contribution in [3.8, 4) is 0 Å². The van der Waals surface area contributed by atoms with Gasteiger partial charge in [-0.05, 0) is 44.8 Å². The first kappa shape index (κ1) is 20.2. The number of hydrogen-bond acceptors (Lipinski definition) is 3. The highest BCUT2D eigenvalue weighted by Crippen LogP contribution is 2.13. The van der Waals surface area contributed by atoms with Crippen molar-refractivity contribution in [3.05, 3.63) is 18.5 Å². The van der Waals surface area contributed by atoms with E-state index < -0.39 is 0 Å². The zero-order valence-corrected chi connectivity index (χ0v) is 16.7. The molecule has 1 fully saturated rings. The Balaban J connectivity index is 0.00000264. The van der Waals surface area contributed by atoms with Gasteiger partial charge in [-0.3, -0.25) is 14.6 Å². The van der Waals surface area contributed by atoms with Gasteiger partial charge in [-0.2, -0.15) is 5.10 Å². The molecule has 1 unspecified atom stereocenters. The van der Waals surface area contributed by atoms with Crippen LogP contribution in [0.15, 0.2) is 23.5 Å². The number of aryl methyl sites for hydroxylation is 1. The van der Waals surface area contributed by atoms with Gasteiger partial charge in [0.1, 0.15) is 0 Å². The van der Waals surface area contributed by atoms with Crippen LogP contribution in [-0.2, 0) is 6.54 Å². The van der Waals surface area contributed by atoms with Gasteiger partial charge in [0.25, 0.3) is 0 Å². The standard InChI is InChI=1S/C16H30N6.HI/c1-3-15(21-10-4-5-11-21)14-19-16(17-2)18-8-6-12-22-13-7-9-20-22;/h7,9,13,15H,3-6,8,10-12,14H2,1-2H3,(H2,17,18,19);1H. The Morgan fingerprint density at radius 2 is 2.09 bits per heavy atom. The first-order valence-corrected chi connectivity index (χ1v) is 8.49. The van der Waals surface area contributed by atoms with Crippen LogP contribution in [0.5, 0.6) is 0 Å². The van der Waals surface area contributed by atoms with E-state index in [0.717, 1.165) is 32.0 Å². The Kier molecular flexibility index (Phi) is 10.3. The monoisotopic (exact) mass is 434 g/mol. The lowest BCUT2D eigenvalue weighted by Crippen LogP contribution is -2.46. The van der Waals surface area contributed by atoms with Crippen LogP contribution < -0.4 is 10.6 Å². The van der Waals surface area contributed by atoms with Crippen LogP contribution in [0.4, 0.5) is 0 Å². The molecular weight excluding hydrogens is 403 g/mol. The highest BCUT2D eigenvalue weighted by Gasteiger charge is 2.20. The van der Waals surface area contributed by atoms with Crippen molar-refractivity contribution in [2.45, 2.75) is 45.2 Å². The number of nitrogens with one attached hydrogen (secondary N) is 2. The fraction of sp³-hybridized carbons (Fsp3) is 0.750. The number of guanidine groups is 1. The van der Waals surface area contributed by atoms with E-state index in [0.29, 0.717) is 6.04 Å². The van der Waals surface area contributed by atoms with Gasteiger partial charge >= 0.3 is 0 Å². The summed E-state index contributed by atoms with van der Waals surface area (Å²) in [6.07, 6.45) is 8.72. The summed E-state index contributed by atoms with van der Waals surface area (Å²) in [6, 6.07) is 2.57. The van der Waals surface area contributed by atoms with Crippen molar-refractivity contribution < 1.29 is 0 Å². The molecule has 0 bridgehead atoms. The molecule has 2 heterocycles. The SMILES string of the molecule is CCC(CNC(=NC)NCCCn1cccn1)N1CCCC1.I. The lowest BCUT2D eigenvalue weighted by Gasteiger charge is -2.27. The molecule has 0 aliphatic carbocycles. The van der Waals surface area contributed by atoms with Crippen molar-refractivity contribution in [1.29, 1.82) is 0 Å². The van der Waals surface area contributed by atoms with Crippen LogP contribution in [0.25, 0.3) is 0 Å². The van der Waals surface area contributed by atoms with Gasteiger partial charge in [-0.1, -0.05) is 6.92 Å². The van der Waals surface area contributed by atoms with Gasteiger partial charge in [0.2, 0.25) is 0 Å². The average Bonchev–Trinajstić information content (AvgIpc) is 3.23. The van der Waals surface area contributed by atoms with E-state index in [2.05, 4.69) is 32.5 Å². The van der Waals surface area contributed by atoms with Gasteiger partial charge in [-0.25, -0.2) is 0 Å². The van der Waals surface area contributed by atoms with Crippen LogP contribution in [-0.4, -0.2) is 59.9 Å². The van der Waals surface area contributed by atoms with Crippen molar-refractivity contribution in [2.75, 3.05) is 33.2 Å². The maximum atomic E-state index is 4.31. The van der Waals surface area contributed by atoms with E-state index >= 15 is 0 Å². The molecule has 0 aromatic carbocycles. The summed E-state index contributed by atoms with van der Waals surface area (Å²) < 4.78 is 1.96. The third-order valence-electron chi connectivity index (χ3n) is 4.27. The molecule has 2 N–H and O–H groups in total. The Hall–Kier alpha value is -0.830. The molecule has 1 saturated heterocycles. The predicted octanol–water partition coefficient (Wildman–Crippen LogP) is 1.93. The lowest BCUT2D eigenvalue weighted by atomic mass is 10.2. The first-order valence-electron chi connectivity index (χ1n) is 8.49. The number of nitrogens with zero attached hydrogens (tertiary/aromatic N) is 4. The molecule has 2 rings (SSSR count). The van der Waals surface area contributed by atoms with E-state index in [4.69, 9.17) is 0 Å². The normalized spacial score (nSPS) is 16.9. The van der Waals surface area contributed by atoms with Gasteiger partial charge in [-0.15, -0.1) is 24.0 Å². The largest absolute Gasteiger partial charge is 0.356 e. The second kappa shape index (κ2) is 11.7. The van der Waals surface area contributed by atoms with E-state index in [-0.39, 0.29) is 24.0 Å². The summed E-state index contributed by atoms with van der Waals surface area (Å²) in [5, 5.41) is 11.1. The molecule has 0 radical (unpaired) electrons. The van der Waals surface area contributed by atoms with Crippen LogP contribution in [0.2, 0.25) is 0 Å². The Morgan fingerprint density at radius 1 is 1.30 bits per heavy atom. The van der Waals surface area contributed by atoms with E-state index in [1.807, 2.05) is 30.2 Å². The summed E-state index contributed by atoms with van der Waals surface area (Å²) in [5.41, 5.74) is 0. The van der Waals surface area contributed by atoms with Gasteiger partial charge in [0, 0.05) is 45.1 Å². The average molecular weight is 434 g/mol. The third kappa shape index (κ3) is 7.07. The van der Waals surface area contributed by atoms with Crippen LogP contribution >= 0.6 is 24.0 Å². The van der Waals surface area contributed by atoms with Crippen LogP contribution in [0.3, 0.4) is 0 Å². The minimum absolute atomic E-state index is 0. The minimum Gasteiger partial charge on any atom is -0.356 e. The third-order valence-corrected chi connectivity index (χ3v) is 4.27. The Morgan fingerprint density at radius 3 is 2.70 bits per heavy atom. The van der Waals surface area contributed by atoms with Gasteiger partial charge in [0.05, 0.1) is 0 Å². The summed E-state index contributed by atoms with van der Waals surface area (Å²) in [6.45, 7) is 7.56. The predicted molar refractivity (Wildman–Crippen MR) is 107 cm³/mol. The van der Waals surface area contributed by atoms with E-state index in [1.54, 1.807) is 0 Å². The number of aliphatic imine (C=N–C) groups is 1. The second-order valence-corrected chi connectivity index (χ2v) is 5.81. The van der Waals surface area contributed by atoms with Crippen LogP contribution in [0.1, 0.15) is 32.6 Å². The molecule has 1 aliphatic heterocycles. The maximum absolute atomic E-state index is 4.31. The summed E-state index contributed by atoms with van der Waals surface area (Å²) >= 11 is 0. The number of aromatic nitrogens is 2. The van der Waals surface area contributed by atoms with Gasteiger partial charge in [0.15, 0.2) is 5.96 Å². The lowest BCUT2D eigenvalue weighted by molar-refractivity contribution is 0.236. The molecular formula is C16H31IN6. The fourth-order valence-electron chi connectivity index (χ4n) is 2.95. The summed E-state index contributed by atoms with van der Waals surface area (Å²) in [7, 11) is 1.83. The molecule has 1 aliphatic rings. The zero-order valence-electron chi connectivity index (χ0n) is 14.4. The highest BCUT2D eigenvalue weighted by atomic mass is 127.